The van der Waals surface area contributed by atoms with Gasteiger partial charge in [0.25, 0.3) is 0 Å². The first-order valence-corrected chi connectivity index (χ1v) is 16.5. The van der Waals surface area contributed by atoms with Crippen LogP contribution in [-0.4, -0.2) is 54.3 Å². The molecule has 0 heterocycles. The second-order valence-corrected chi connectivity index (χ2v) is 14.8. The average Bonchev–Trinajstić information content (AvgIpc) is 3.25. The summed E-state index contributed by atoms with van der Waals surface area (Å²) < 4.78 is 11.1. The van der Waals surface area contributed by atoms with Crippen LogP contribution in [0.1, 0.15) is 105 Å². The van der Waals surface area contributed by atoms with E-state index in [2.05, 4.69) is 47.3 Å². The number of carboxylic acids is 1. The summed E-state index contributed by atoms with van der Waals surface area (Å²) in [6, 6.07) is 0. The fourth-order valence-corrected chi connectivity index (χ4v) is 9.86. The molecule has 8 atom stereocenters. The SMILES string of the molecule is C=COC(=O)CN(CCO[C@H]1CC[C@@]2(C)C(=CCC3C2CC[C@@]2(C)C3CC[C@@H]2[C@H](C)CCCC(C)C)C1)CC(=O)O. The van der Waals surface area contributed by atoms with Crippen LogP contribution in [0.25, 0.3) is 0 Å². The summed E-state index contributed by atoms with van der Waals surface area (Å²) in [6.07, 6.45) is 18.0. The summed E-state index contributed by atoms with van der Waals surface area (Å²) in [6.45, 7) is 16.4. The third kappa shape index (κ3) is 7.29. The van der Waals surface area contributed by atoms with E-state index >= 15 is 0 Å². The molecule has 4 aliphatic rings. The third-order valence-corrected chi connectivity index (χ3v) is 11.9. The van der Waals surface area contributed by atoms with E-state index in [0.29, 0.717) is 18.6 Å². The largest absolute Gasteiger partial charge is 0.480 e. The Bertz CT molecular complexity index is 960. The molecule has 41 heavy (non-hydrogen) atoms. The molecule has 0 saturated heterocycles. The van der Waals surface area contributed by atoms with Crippen LogP contribution in [0.4, 0.5) is 0 Å². The highest BCUT2D eigenvalue weighted by Crippen LogP contribution is 2.67. The first-order chi connectivity index (χ1) is 19.5. The van der Waals surface area contributed by atoms with Gasteiger partial charge in [-0.15, -0.1) is 0 Å². The average molecular weight is 572 g/mol. The molecule has 0 amide bonds. The van der Waals surface area contributed by atoms with Crippen molar-refractivity contribution in [1.82, 2.24) is 4.90 Å². The maximum atomic E-state index is 11.8. The Morgan fingerprint density at radius 2 is 1.88 bits per heavy atom. The zero-order valence-electron chi connectivity index (χ0n) is 26.5. The molecule has 6 heteroatoms. The Hall–Kier alpha value is -1.66. The van der Waals surface area contributed by atoms with Gasteiger partial charge in [0, 0.05) is 6.54 Å². The monoisotopic (exact) mass is 571 g/mol. The van der Waals surface area contributed by atoms with E-state index in [1.807, 2.05) is 0 Å². The molecule has 232 valence electrons. The highest BCUT2D eigenvalue weighted by Gasteiger charge is 2.59. The van der Waals surface area contributed by atoms with E-state index in [1.165, 1.54) is 57.8 Å². The molecule has 0 bridgehead atoms. The number of carbonyl (C=O) groups is 2. The van der Waals surface area contributed by atoms with Crippen molar-refractivity contribution < 1.29 is 24.2 Å². The Labute approximate surface area is 249 Å². The lowest BCUT2D eigenvalue weighted by Crippen LogP contribution is -2.51. The molecule has 0 spiro atoms. The van der Waals surface area contributed by atoms with Crippen LogP contribution < -0.4 is 0 Å². The lowest BCUT2D eigenvalue weighted by atomic mass is 9.47. The van der Waals surface area contributed by atoms with Gasteiger partial charge in [-0.25, -0.2) is 0 Å². The number of nitrogens with zero attached hydrogens (tertiary/aromatic N) is 1. The summed E-state index contributed by atoms with van der Waals surface area (Å²) in [5.41, 5.74) is 2.40. The number of hydrogen-bond donors (Lipinski definition) is 1. The van der Waals surface area contributed by atoms with Gasteiger partial charge in [-0.05, 0) is 97.7 Å². The van der Waals surface area contributed by atoms with Crippen LogP contribution in [0.2, 0.25) is 0 Å². The van der Waals surface area contributed by atoms with Gasteiger partial charge in [0.1, 0.15) is 0 Å². The number of carboxylic acid groups (broad SMARTS) is 1. The summed E-state index contributed by atoms with van der Waals surface area (Å²) in [7, 11) is 0. The highest BCUT2D eigenvalue weighted by atomic mass is 16.5. The first kappa shape index (κ1) is 32.3. The predicted molar refractivity (Wildman–Crippen MR) is 163 cm³/mol. The standard InChI is InChI=1S/C35H57NO5/c1-7-40-33(39)23-36(22-32(37)38)19-20-41-27-15-17-34(5)26(21-27)11-12-28-30-14-13-29(25(4)10-8-9-24(2)3)35(30,6)18-16-31(28)34/h7,11,24-25,27-31H,1,8-10,12-23H2,2-6H3,(H,37,38)/t25-,27+,28?,29-,30?,31?,34+,35-/m1/s1. The predicted octanol–water partition coefficient (Wildman–Crippen LogP) is 7.49. The summed E-state index contributed by atoms with van der Waals surface area (Å²) in [5.74, 6) is 3.56. The molecule has 4 rings (SSSR count). The minimum atomic E-state index is -0.968. The molecular formula is C35H57NO5. The van der Waals surface area contributed by atoms with Crippen LogP contribution in [0.5, 0.6) is 0 Å². The van der Waals surface area contributed by atoms with Gasteiger partial charge >= 0.3 is 11.9 Å². The highest BCUT2D eigenvalue weighted by molar-refractivity contribution is 5.74. The van der Waals surface area contributed by atoms with Crippen molar-refractivity contribution in [3.05, 3.63) is 24.5 Å². The molecule has 0 aromatic carbocycles. The number of aliphatic carboxylic acids is 1. The molecule has 4 aliphatic carbocycles. The number of esters is 1. The van der Waals surface area contributed by atoms with Crippen LogP contribution >= 0.6 is 0 Å². The van der Waals surface area contributed by atoms with Crippen molar-refractivity contribution in [1.29, 1.82) is 0 Å². The van der Waals surface area contributed by atoms with Gasteiger partial charge in [-0.3, -0.25) is 14.5 Å². The van der Waals surface area contributed by atoms with Gasteiger partial charge in [0.2, 0.25) is 0 Å². The second kappa shape index (κ2) is 13.8. The fourth-order valence-electron chi connectivity index (χ4n) is 9.86. The van der Waals surface area contributed by atoms with Crippen molar-refractivity contribution in [2.75, 3.05) is 26.2 Å². The van der Waals surface area contributed by atoms with E-state index in [1.54, 1.807) is 10.5 Å². The molecule has 3 saturated carbocycles. The number of rotatable bonds is 14. The van der Waals surface area contributed by atoms with E-state index in [-0.39, 0.29) is 24.6 Å². The Morgan fingerprint density at radius 1 is 1.10 bits per heavy atom. The summed E-state index contributed by atoms with van der Waals surface area (Å²) >= 11 is 0. The van der Waals surface area contributed by atoms with Crippen LogP contribution in [0.15, 0.2) is 24.5 Å². The number of ether oxygens (including phenoxy) is 2. The number of allylic oxidation sites excluding steroid dienone is 1. The van der Waals surface area contributed by atoms with E-state index in [4.69, 9.17) is 9.47 Å². The molecule has 0 radical (unpaired) electrons. The van der Waals surface area contributed by atoms with Crippen molar-refractivity contribution in [3.8, 4) is 0 Å². The number of carbonyl (C=O) groups excluding carboxylic acids is 1. The maximum Gasteiger partial charge on any atom is 0.324 e. The van der Waals surface area contributed by atoms with Crippen molar-refractivity contribution in [3.63, 3.8) is 0 Å². The van der Waals surface area contributed by atoms with Gasteiger partial charge < -0.3 is 14.6 Å². The van der Waals surface area contributed by atoms with Gasteiger partial charge in [-0.2, -0.15) is 0 Å². The quantitative estimate of drug-likeness (QED) is 0.132. The molecule has 0 aromatic heterocycles. The smallest absolute Gasteiger partial charge is 0.324 e. The summed E-state index contributed by atoms with van der Waals surface area (Å²) in [4.78, 5) is 24.7. The number of fused-ring (bicyclic) bond motifs is 5. The third-order valence-electron chi connectivity index (χ3n) is 11.9. The van der Waals surface area contributed by atoms with E-state index < -0.39 is 11.9 Å². The van der Waals surface area contributed by atoms with Crippen molar-refractivity contribution >= 4 is 11.9 Å². The number of hydrogen-bond acceptors (Lipinski definition) is 5. The normalized spacial score (nSPS) is 35.3. The molecule has 3 fully saturated rings. The van der Waals surface area contributed by atoms with Crippen LogP contribution in [-0.2, 0) is 19.1 Å². The minimum absolute atomic E-state index is 0.0870. The molecule has 1 N–H and O–H groups in total. The molecule has 0 aliphatic heterocycles. The van der Waals surface area contributed by atoms with Gasteiger partial charge in [-0.1, -0.05) is 72.1 Å². The maximum absolute atomic E-state index is 11.8. The minimum Gasteiger partial charge on any atom is -0.480 e. The molecular weight excluding hydrogens is 514 g/mol. The Kier molecular flexibility index (Phi) is 10.8. The Balaban J connectivity index is 1.33. The first-order valence-electron chi connectivity index (χ1n) is 16.5. The van der Waals surface area contributed by atoms with Crippen molar-refractivity contribution in [2.45, 2.75) is 111 Å². The van der Waals surface area contributed by atoms with Crippen LogP contribution in [0, 0.1) is 46.3 Å². The van der Waals surface area contributed by atoms with E-state index in [9.17, 15) is 14.7 Å². The van der Waals surface area contributed by atoms with Gasteiger partial charge in [0.15, 0.2) is 0 Å². The zero-order valence-corrected chi connectivity index (χ0v) is 26.5. The van der Waals surface area contributed by atoms with Crippen molar-refractivity contribution in [2.24, 2.45) is 46.3 Å². The topological polar surface area (TPSA) is 76.1 Å². The molecule has 3 unspecified atom stereocenters. The molecule has 0 aromatic rings. The van der Waals surface area contributed by atoms with E-state index in [0.717, 1.165) is 54.6 Å². The lowest BCUT2D eigenvalue weighted by Gasteiger charge is -2.58. The zero-order chi connectivity index (χ0) is 29.8. The lowest BCUT2D eigenvalue weighted by molar-refractivity contribution is -0.142. The van der Waals surface area contributed by atoms with Crippen LogP contribution in [0.3, 0.4) is 0 Å². The Morgan fingerprint density at radius 3 is 2.59 bits per heavy atom. The summed E-state index contributed by atoms with van der Waals surface area (Å²) in [5, 5.41) is 9.23. The fraction of sp³-hybridized carbons (Fsp3) is 0.829. The molecule has 6 nitrogen and oxygen atoms in total. The second-order valence-electron chi connectivity index (χ2n) is 14.8. The van der Waals surface area contributed by atoms with Gasteiger partial charge in [0.05, 0.1) is 32.1 Å².